The van der Waals surface area contributed by atoms with E-state index in [4.69, 9.17) is 0 Å². The molecule has 2 aliphatic rings. The lowest BCUT2D eigenvalue weighted by atomic mass is 9.82. The van der Waals surface area contributed by atoms with Crippen molar-refractivity contribution >= 4 is 5.82 Å². The lowest BCUT2D eigenvalue weighted by Gasteiger charge is -2.49. The molecule has 3 heterocycles. The van der Waals surface area contributed by atoms with E-state index in [9.17, 15) is 0 Å². The van der Waals surface area contributed by atoms with E-state index in [0.717, 1.165) is 19.6 Å². The van der Waals surface area contributed by atoms with E-state index in [1.807, 2.05) is 0 Å². The van der Waals surface area contributed by atoms with Crippen LogP contribution < -0.4 is 4.90 Å². The maximum absolute atomic E-state index is 15.5. The normalized spacial score (nSPS) is 29.2. The van der Waals surface area contributed by atoms with Gasteiger partial charge in [0.15, 0.2) is 11.5 Å². The van der Waals surface area contributed by atoms with Gasteiger partial charge in [-0.1, -0.05) is 6.58 Å². The first-order valence-corrected chi connectivity index (χ1v) is 7.60. The van der Waals surface area contributed by atoms with Gasteiger partial charge in [-0.3, -0.25) is 9.88 Å². The molecule has 0 aromatic carbocycles. The fourth-order valence-electron chi connectivity index (χ4n) is 3.42. The van der Waals surface area contributed by atoms with Crippen LogP contribution in [0.1, 0.15) is 32.9 Å². The first kappa shape index (κ1) is 14.4. The van der Waals surface area contributed by atoms with Gasteiger partial charge in [0.1, 0.15) is 5.69 Å². The van der Waals surface area contributed by atoms with Crippen LogP contribution in [0.2, 0.25) is 0 Å². The highest BCUT2D eigenvalue weighted by atomic mass is 19.1. The number of halogens is 1. The Morgan fingerprint density at radius 3 is 2.76 bits per heavy atom. The van der Waals surface area contributed by atoms with Crippen molar-refractivity contribution in [3.63, 3.8) is 0 Å². The van der Waals surface area contributed by atoms with Crippen molar-refractivity contribution < 1.29 is 4.39 Å². The third-order valence-corrected chi connectivity index (χ3v) is 4.76. The van der Waals surface area contributed by atoms with Gasteiger partial charge < -0.3 is 4.90 Å². The summed E-state index contributed by atoms with van der Waals surface area (Å²) in [5, 5.41) is 0. The minimum absolute atomic E-state index is 0.132. The number of alkyl halides is 1. The molecule has 0 aliphatic carbocycles. The highest BCUT2D eigenvalue weighted by molar-refractivity contribution is 5.53. The van der Waals surface area contributed by atoms with E-state index in [1.54, 1.807) is 19.3 Å². The van der Waals surface area contributed by atoms with Crippen molar-refractivity contribution in [1.82, 2.24) is 14.9 Å². The molecule has 0 amide bonds. The summed E-state index contributed by atoms with van der Waals surface area (Å²) in [5.74, 6) is 0.697. The minimum Gasteiger partial charge on any atom is -0.349 e. The second kappa shape index (κ2) is 5.05. The smallest absolute Gasteiger partial charge is 0.178 e. The van der Waals surface area contributed by atoms with Crippen LogP contribution in [0.25, 0.3) is 0 Å². The van der Waals surface area contributed by atoms with Gasteiger partial charge in [0.25, 0.3) is 0 Å². The molecule has 4 nitrogen and oxygen atoms in total. The highest BCUT2D eigenvalue weighted by Crippen LogP contribution is 2.46. The summed E-state index contributed by atoms with van der Waals surface area (Å²) < 4.78 is 15.5. The molecule has 0 spiro atoms. The van der Waals surface area contributed by atoms with Crippen molar-refractivity contribution in [1.29, 1.82) is 0 Å². The molecule has 3 rings (SSSR count). The van der Waals surface area contributed by atoms with E-state index in [1.165, 1.54) is 0 Å². The number of anilines is 1. The summed E-state index contributed by atoms with van der Waals surface area (Å²) in [4.78, 5) is 13.3. The zero-order chi connectivity index (χ0) is 15.2. The molecule has 5 heteroatoms. The predicted octanol–water partition coefficient (Wildman–Crippen LogP) is 2.52. The van der Waals surface area contributed by atoms with Crippen LogP contribution in [0.3, 0.4) is 0 Å². The third-order valence-electron chi connectivity index (χ3n) is 4.76. The van der Waals surface area contributed by atoms with E-state index < -0.39 is 5.67 Å². The standard InChI is InChI=1S/C16H23FN4/c1-11(2)16(17)9-13-10-20(12(3)4)7-8-21(13)15-14(16)18-5-6-19-15/h5-6,12-13H,1,7-10H2,2-4H3/t13-,16?/m1/s1. The van der Waals surface area contributed by atoms with Gasteiger partial charge >= 0.3 is 0 Å². The van der Waals surface area contributed by atoms with Gasteiger partial charge in [-0.25, -0.2) is 9.37 Å². The second-order valence-corrected chi connectivity index (χ2v) is 6.45. The molecule has 1 saturated heterocycles. The molecular formula is C16H23FN4. The predicted molar refractivity (Wildman–Crippen MR) is 82.1 cm³/mol. The van der Waals surface area contributed by atoms with Crippen molar-refractivity contribution in [2.75, 3.05) is 24.5 Å². The summed E-state index contributed by atoms with van der Waals surface area (Å²) in [5.41, 5.74) is -0.609. The summed E-state index contributed by atoms with van der Waals surface area (Å²) in [6, 6.07) is 0.612. The molecule has 0 saturated carbocycles. The summed E-state index contributed by atoms with van der Waals surface area (Å²) in [7, 11) is 0. The number of hydrogen-bond donors (Lipinski definition) is 0. The molecule has 1 fully saturated rings. The Labute approximate surface area is 125 Å². The van der Waals surface area contributed by atoms with E-state index in [0.29, 0.717) is 29.5 Å². The number of rotatable bonds is 2. The largest absolute Gasteiger partial charge is 0.349 e. The Kier molecular flexibility index (Phi) is 3.48. The van der Waals surface area contributed by atoms with Crippen LogP contribution in [0.5, 0.6) is 0 Å². The molecule has 114 valence electrons. The molecule has 1 aromatic rings. The van der Waals surface area contributed by atoms with Crippen LogP contribution in [0, 0.1) is 0 Å². The summed E-state index contributed by atoms with van der Waals surface area (Å²) >= 11 is 0. The van der Waals surface area contributed by atoms with Gasteiger partial charge in [-0.15, -0.1) is 0 Å². The first-order valence-electron chi connectivity index (χ1n) is 7.60. The van der Waals surface area contributed by atoms with Crippen LogP contribution in [0.4, 0.5) is 10.2 Å². The maximum atomic E-state index is 15.5. The number of nitrogens with zero attached hydrogens (tertiary/aromatic N) is 4. The number of hydrogen-bond acceptors (Lipinski definition) is 4. The maximum Gasteiger partial charge on any atom is 0.178 e. The van der Waals surface area contributed by atoms with E-state index in [-0.39, 0.29) is 6.04 Å². The van der Waals surface area contributed by atoms with Gasteiger partial charge in [0.05, 0.1) is 0 Å². The number of fused-ring (bicyclic) bond motifs is 3. The number of aromatic nitrogens is 2. The first-order chi connectivity index (χ1) is 9.93. The number of piperazine rings is 1. The van der Waals surface area contributed by atoms with Crippen LogP contribution in [-0.4, -0.2) is 46.6 Å². The molecule has 1 unspecified atom stereocenters. The Hall–Kier alpha value is -1.49. The van der Waals surface area contributed by atoms with Crippen molar-refractivity contribution in [2.24, 2.45) is 0 Å². The highest BCUT2D eigenvalue weighted by Gasteiger charge is 2.48. The second-order valence-electron chi connectivity index (χ2n) is 6.45. The van der Waals surface area contributed by atoms with E-state index in [2.05, 4.69) is 40.2 Å². The van der Waals surface area contributed by atoms with Crippen molar-refractivity contribution in [3.8, 4) is 0 Å². The van der Waals surface area contributed by atoms with Crippen LogP contribution >= 0.6 is 0 Å². The van der Waals surface area contributed by atoms with E-state index >= 15 is 4.39 Å². The van der Waals surface area contributed by atoms with Crippen LogP contribution in [-0.2, 0) is 5.67 Å². The fraction of sp³-hybridized carbons (Fsp3) is 0.625. The Bertz CT molecular complexity index is 559. The minimum atomic E-state index is -1.56. The molecule has 0 radical (unpaired) electrons. The SMILES string of the molecule is C=C(C)C1(F)C[C@@H]2CN(C(C)C)CCN2c2nccnc21. The van der Waals surface area contributed by atoms with Gasteiger partial charge in [-0.2, -0.15) is 0 Å². The summed E-state index contributed by atoms with van der Waals surface area (Å²) in [6.07, 6.45) is 3.63. The van der Waals surface area contributed by atoms with Crippen LogP contribution in [0.15, 0.2) is 24.5 Å². The molecular weight excluding hydrogens is 267 g/mol. The molecule has 2 atom stereocenters. The quantitative estimate of drug-likeness (QED) is 0.784. The summed E-state index contributed by atoms with van der Waals surface area (Å²) in [6.45, 7) is 12.7. The van der Waals surface area contributed by atoms with Gasteiger partial charge in [0, 0.05) is 50.5 Å². The average molecular weight is 290 g/mol. The Balaban J connectivity index is 2.01. The van der Waals surface area contributed by atoms with Crippen molar-refractivity contribution in [3.05, 3.63) is 30.2 Å². The third kappa shape index (κ3) is 2.24. The zero-order valence-electron chi connectivity index (χ0n) is 13.0. The monoisotopic (exact) mass is 290 g/mol. The fourth-order valence-corrected chi connectivity index (χ4v) is 3.42. The zero-order valence-corrected chi connectivity index (χ0v) is 13.0. The Morgan fingerprint density at radius 2 is 2.10 bits per heavy atom. The van der Waals surface area contributed by atoms with Gasteiger partial charge in [0.2, 0.25) is 0 Å². The van der Waals surface area contributed by atoms with Gasteiger partial charge in [-0.05, 0) is 26.3 Å². The number of allylic oxidation sites excluding steroid dienone is 1. The molecule has 21 heavy (non-hydrogen) atoms. The lowest BCUT2D eigenvalue weighted by Crippen LogP contribution is -2.59. The molecule has 0 bridgehead atoms. The molecule has 2 aliphatic heterocycles. The lowest BCUT2D eigenvalue weighted by molar-refractivity contribution is 0.114. The molecule has 0 N–H and O–H groups in total. The van der Waals surface area contributed by atoms with Crippen molar-refractivity contribution in [2.45, 2.75) is 44.9 Å². The topological polar surface area (TPSA) is 32.3 Å². The average Bonchev–Trinajstić information content (AvgIpc) is 2.46. The Morgan fingerprint density at radius 1 is 1.38 bits per heavy atom. The molecule has 1 aromatic heterocycles.